The smallest absolute Gasteiger partial charge is 0.385 e. The molecule has 7 nitrogen and oxygen atoms in total. The molecule has 4 rings (SSSR count). The van der Waals surface area contributed by atoms with Gasteiger partial charge in [-0.15, -0.1) is 0 Å². The quantitative estimate of drug-likeness (QED) is 0.618. The summed E-state index contributed by atoms with van der Waals surface area (Å²) in [6.45, 7) is 1.46. The minimum absolute atomic E-state index is 0.125. The van der Waals surface area contributed by atoms with Crippen LogP contribution >= 0.6 is 0 Å². The van der Waals surface area contributed by atoms with Crippen LogP contribution in [0.15, 0.2) is 42.7 Å². The van der Waals surface area contributed by atoms with Gasteiger partial charge in [0.1, 0.15) is 0 Å². The summed E-state index contributed by atoms with van der Waals surface area (Å²) in [7, 11) is 0. The topological polar surface area (TPSA) is 95.4 Å². The van der Waals surface area contributed by atoms with E-state index >= 15 is 0 Å². The first-order valence-electron chi connectivity index (χ1n) is 11.8. The van der Waals surface area contributed by atoms with Gasteiger partial charge in [0, 0.05) is 36.3 Å². The summed E-state index contributed by atoms with van der Waals surface area (Å²) in [6.07, 6.45) is 2.86. The molecule has 1 aliphatic carbocycles. The number of rotatable bonds is 7. The number of hydrogen-bond donors (Lipinski definition) is 2. The Morgan fingerprint density at radius 3 is 2.60 bits per heavy atom. The molecule has 2 aliphatic rings. The highest BCUT2D eigenvalue weighted by Crippen LogP contribution is 2.39. The molecule has 1 atom stereocenters. The van der Waals surface area contributed by atoms with Gasteiger partial charge in [-0.05, 0) is 68.8 Å². The van der Waals surface area contributed by atoms with Gasteiger partial charge in [0.05, 0.1) is 23.9 Å². The predicted octanol–water partition coefficient (Wildman–Crippen LogP) is 3.34. The highest BCUT2D eigenvalue weighted by atomic mass is 19.4. The van der Waals surface area contributed by atoms with Crippen LogP contribution in [0.3, 0.4) is 0 Å². The number of nitrogens with one attached hydrogen (secondary N) is 1. The van der Waals surface area contributed by atoms with Gasteiger partial charge in [-0.3, -0.25) is 9.59 Å². The molecule has 1 aliphatic heterocycles. The number of aliphatic hydroxyl groups is 1. The monoisotopic (exact) mass is 490 g/mol. The molecule has 1 aromatic heterocycles. The van der Waals surface area contributed by atoms with Crippen molar-refractivity contribution in [2.45, 2.75) is 56.3 Å². The first kappa shape index (κ1) is 25.2. The van der Waals surface area contributed by atoms with Crippen molar-refractivity contribution in [1.82, 2.24) is 20.4 Å². The van der Waals surface area contributed by atoms with E-state index in [-0.39, 0.29) is 23.8 Å². The van der Waals surface area contributed by atoms with Crippen molar-refractivity contribution in [3.63, 3.8) is 0 Å². The van der Waals surface area contributed by atoms with Gasteiger partial charge >= 0.3 is 6.18 Å². The minimum atomic E-state index is -4.53. The Balaban J connectivity index is 1.21. The van der Waals surface area contributed by atoms with Crippen molar-refractivity contribution in [2.75, 3.05) is 19.6 Å². The van der Waals surface area contributed by atoms with E-state index in [9.17, 15) is 27.9 Å². The standard InChI is InChI=1S/C25H29F3N4O3/c26-25(27,28)19-3-1-2-18(13-19)23(34)29-15-22(33)12-17-7-11-32(16-17)21-4-8-24(35,9-5-21)20-6-10-30-31-14-20/h1-3,6,10,13-14,17,21,35H,4-5,7-9,11-12,15-16H2,(H,29,34)/t17-,21?,24?/m0/s1. The number of ketones is 1. The lowest BCUT2D eigenvalue weighted by Crippen LogP contribution is -2.41. The number of Topliss-reactive ketones (excluding diaryl/α,β-unsaturated/α-hetero) is 1. The third-order valence-electron chi connectivity index (χ3n) is 7.15. The van der Waals surface area contributed by atoms with Crippen molar-refractivity contribution < 1.29 is 27.9 Å². The van der Waals surface area contributed by atoms with Crippen molar-refractivity contribution in [1.29, 1.82) is 0 Å². The summed E-state index contributed by atoms with van der Waals surface area (Å²) in [5.74, 6) is -0.657. The van der Waals surface area contributed by atoms with Gasteiger partial charge in [-0.1, -0.05) is 6.07 Å². The molecule has 10 heteroatoms. The molecule has 1 saturated heterocycles. The average Bonchev–Trinajstić information content (AvgIpc) is 3.31. The summed E-state index contributed by atoms with van der Waals surface area (Å²) in [4.78, 5) is 27.0. The molecule has 2 N–H and O–H groups in total. The van der Waals surface area contributed by atoms with E-state index in [2.05, 4.69) is 20.4 Å². The third-order valence-corrected chi connectivity index (χ3v) is 7.15. The molecule has 2 aromatic rings. The first-order chi connectivity index (χ1) is 16.6. The van der Waals surface area contributed by atoms with Crippen molar-refractivity contribution in [3.8, 4) is 0 Å². The van der Waals surface area contributed by atoms with Crippen molar-refractivity contribution in [3.05, 3.63) is 59.4 Å². The Morgan fingerprint density at radius 1 is 1.14 bits per heavy atom. The molecule has 0 unspecified atom stereocenters. The second-order valence-electron chi connectivity index (χ2n) is 9.55. The predicted molar refractivity (Wildman–Crippen MR) is 121 cm³/mol. The average molecular weight is 491 g/mol. The summed E-state index contributed by atoms with van der Waals surface area (Å²) in [5, 5.41) is 21.1. The number of likely N-dealkylation sites (tertiary alicyclic amines) is 1. The Bertz CT molecular complexity index is 1040. The normalized spacial score (nSPS) is 25.4. The molecule has 0 spiro atoms. The molecular formula is C25H29F3N4O3. The van der Waals surface area contributed by atoms with Gasteiger partial charge in [0.25, 0.3) is 5.91 Å². The summed E-state index contributed by atoms with van der Waals surface area (Å²) in [6, 6.07) is 6.30. The fourth-order valence-electron chi connectivity index (χ4n) is 5.17. The molecular weight excluding hydrogens is 461 g/mol. The number of carbonyl (C=O) groups excluding carboxylic acids is 2. The zero-order valence-corrected chi connectivity index (χ0v) is 19.3. The number of nitrogens with zero attached hydrogens (tertiary/aromatic N) is 3. The Labute approximate surface area is 201 Å². The lowest BCUT2D eigenvalue weighted by atomic mass is 9.78. The van der Waals surface area contributed by atoms with E-state index in [0.717, 1.165) is 50.0 Å². The van der Waals surface area contributed by atoms with E-state index < -0.39 is 23.2 Å². The number of halogens is 3. The van der Waals surface area contributed by atoms with Gasteiger partial charge in [0.2, 0.25) is 0 Å². The van der Waals surface area contributed by atoms with Crippen LogP contribution in [0, 0.1) is 5.92 Å². The summed E-state index contributed by atoms with van der Waals surface area (Å²) in [5.41, 5.74) is -1.11. The SMILES string of the molecule is O=C(CNC(=O)c1cccc(C(F)(F)F)c1)C[C@@H]1CCN(C2CCC(O)(c3ccnnc3)CC2)C1. The fourth-order valence-corrected chi connectivity index (χ4v) is 5.17. The fraction of sp³-hybridized carbons (Fsp3) is 0.520. The molecule has 188 valence electrons. The van der Waals surface area contributed by atoms with E-state index in [1.165, 1.54) is 12.1 Å². The first-order valence-corrected chi connectivity index (χ1v) is 11.8. The van der Waals surface area contributed by atoms with Crippen LogP contribution in [-0.4, -0.2) is 57.6 Å². The molecule has 2 heterocycles. The zero-order chi connectivity index (χ0) is 25.1. The highest BCUT2D eigenvalue weighted by molar-refractivity contribution is 5.96. The molecule has 0 radical (unpaired) electrons. The van der Waals surface area contributed by atoms with Crippen molar-refractivity contribution in [2.24, 2.45) is 5.92 Å². The number of amides is 1. The maximum Gasteiger partial charge on any atom is 0.416 e. The largest absolute Gasteiger partial charge is 0.416 e. The van der Waals surface area contributed by atoms with Gasteiger partial charge in [-0.25, -0.2) is 0 Å². The Hall–Kier alpha value is -2.85. The van der Waals surface area contributed by atoms with E-state index in [0.29, 0.717) is 25.3 Å². The van der Waals surface area contributed by atoms with Gasteiger partial charge < -0.3 is 15.3 Å². The molecule has 1 saturated carbocycles. The van der Waals surface area contributed by atoms with Crippen LogP contribution < -0.4 is 5.32 Å². The number of alkyl halides is 3. The molecule has 35 heavy (non-hydrogen) atoms. The molecule has 0 bridgehead atoms. The maximum atomic E-state index is 12.8. The zero-order valence-electron chi connectivity index (χ0n) is 19.3. The van der Waals surface area contributed by atoms with E-state index in [1.54, 1.807) is 18.5 Å². The maximum absolute atomic E-state index is 12.8. The lowest BCUT2D eigenvalue weighted by Gasteiger charge is -2.39. The van der Waals surface area contributed by atoms with Crippen LogP contribution in [0.4, 0.5) is 13.2 Å². The lowest BCUT2D eigenvalue weighted by molar-refractivity contribution is -0.137. The van der Waals surface area contributed by atoms with E-state index in [1.807, 2.05) is 0 Å². The molecule has 1 amide bonds. The minimum Gasteiger partial charge on any atom is -0.385 e. The Kier molecular flexibility index (Phi) is 7.51. The van der Waals surface area contributed by atoms with E-state index in [4.69, 9.17) is 0 Å². The Morgan fingerprint density at radius 2 is 1.91 bits per heavy atom. The number of aromatic nitrogens is 2. The summed E-state index contributed by atoms with van der Waals surface area (Å²) >= 11 is 0. The van der Waals surface area contributed by atoms with Gasteiger partial charge in [-0.2, -0.15) is 23.4 Å². The van der Waals surface area contributed by atoms with Crippen LogP contribution in [0.1, 0.15) is 60.0 Å². The number of benzene rings is 1. The van der Waals surface area contributed by atoms with Crippen molar-refractivity contribution >= 4 is 11.7 Å². The van der Waals surface area contributed by atoms with Crippen LogP contribution in [-0.2, 0) is 16.6 Å². The molecule has 2 fully saturated rings. The summed E-state index contributed by atoms with van der Waals surface area (Å²) < 4.78 is 38.5. The number of carbonyl (C=O) groups is 2. The number of hydrogen-bond acceptors (Lipinski definition) is 6. The highest BCUT2D eigenvalue weighted by Gasteiger charge is 2.39. The van der Waals surface area contributed by atoms with Crippen LogP contribution in [0.5, 0.6) is 0 Å². The van der Waals surface area contributed by atoms with Crippen LogP contribution in [0.2, 0.25) is 0 Å². The molecule has 1 aromatic carbocycles. The second kappa shape index (κ2) is 10.4. The third kappa shape index (κ3) is 6.24. The second-order valence-corrected chi connectivity index (χ2v) is 9.55. The van der Waals surface area contributed by atoms with Crippen LogP contribution in [0.25, 0.3) is 0 Å². The van der Waals surface area contributed by atoms with Gasteiger partial charge in [0.15, 0.2) is 5.78 Å².